The first-order valence-corrected chi connectivity index (χ1v) is 5.14. The van der Waals surface area contributed by atoms with E-state index < -0.39 is 0 Å². The quantitative estimate of drug-likeness (QED) is 0.666. The largest absolute Gasteiger partial charge is 0.355 e. The Morgan fingerprint density at radius 2 is 2.15 bits per heavy atom. The Hall–Kier alpha value is -0.570. The number of carbonyl (C=O) groups is 1. The molecule has 2 N–H and O–H groups in total. The van der Waals surface area contributed by atoms with Crippen molar-refractivity contribution in [3.63, 3.8) is 0 Å². The maximum absolute atomic E-state index is 11.1. The molecule has 1 aliphatic carbocycles. The molecule has 0 aromatic heterocycles. The Balaban J connectivity index is 2.03. The van der Waals surface area contributed by atoms with Crippen molar-refractivity contribution in [2.75, 3.05) is 19.6 Å². The molecule has 0 saturated heterocycles. The molecule has 3 heteroatoms. The van der Waals surface area contributed by atoms with E-state index in [1.807, 2.05) is 6.92 Å². The van der Waals surface area contributed by atoms with Crippen molar-refractivity contribution in [2.24, 2.45) is 5.41 Å². The monoisotopic (exact) mass is 184 g/mol. The third kappa shape index (κ3) is 3.35. The van der Waals surface area contributed by atoms with Crippen molar-refractivity contribution < 1.29 is 4.79 Å². The summed E-state index contributed by atoms with van der Waals surface area (Å²) >= 11 is 0. The number of likely N-dealkylation sites (N-methyl/N-ethyl adjacent to an activating group) is 1. The zero-order valence-electron chi connectivity index (χ0n) is 8.65. The molecule has 3 nitrogen and oxygen atoms in total. The maximum atomic E-state index is 11.1. The average molecular weight is 184 g/mol. The molecule has 0 aromatic carbocycles. The molecule has 0 bridgehead atoms. The van der Waals surface area contributed by atoms with Gasteiger partial charge in [-0.2, -0.15) is 0 Å². The molecule has 0 aliphatic heterocycles. The molecule has 0 atom stereocenters. The van der Waals surface area contributed by atoms with Gasteiger partial charge in [0.05, 0.1) is 6.54 Å². The molecule has 76 valence electrons. The van der Waals surface area contributed by atoms with Crippen LogP contribution in [0.5, 0.6) is 0 Å². The SMILES string of the molecule is CCNC(=O)CNCC1(C)CCC1. The third-order valence-corrected chi connectivity index (χ3v) is 2.77. The average Bonchev–Trinajstić information content (AvgIpc) is 2.02. The number of hydrogen-bond donors (Lipinski definition) is 2. The minimum Gasteiger partial charge on any atom is -0.355 e. The van der Waals surface area contributed by atoms with Gasteiger partial charge < -0.3 is 10.6 Å². The van der Waals surface area contributed by atoms with Gasteiger partial charge in [0.1, 0.15) is 0 Å². The molecule has 1 fully saturated rings. The number of nitrogens with one attached hydrogen (secondary N) is 2. The smallest absolute Gasteiger partial charge is 0.233 e. The van der Waals surface area contributed by atoms with E-state index in [0.29, 0.717) is 12.0 Å². The van der Waals surface area contributed by atoms with Crippen LogP contribution >= 0.6 is 0 Å². The van der Waals surface area contributed by atoms with E-state index in [1.54, 1.807) is 0 Å². The summed E-state index contributed by atoms with van der Waals surface area (Å²) in [5, 5.41) is 5.97. The summed E-state index contributed by atoms with van der Waals surface area (Å²) in [5.74, 6) is 0.102. The van der Waals surface area contributed by atoms with Gasteiger partial charge in [-0.3, -0.25) is 4.79 Å². The van der Waals surface area contributed by atoms with Crippen molar-refractivity contribution in [3.05, 3.63) is 0 Å². The van der Waals surface area contributed by atoms with Gasteiger partial charge in [-0.15, -0.1) is 0 Å². The van der Waals surface area contributed by atoms with E-state index in [4.69, 9.17) is 0 Å². The van der Waals surface area contributed by atoms with Gasteiger partial charge >= 0.3 is 0 Å². The first-order valence-electron chi connectivity index (χ1n) is 5.14. The number of hydrogen-bond acceptors (Lipinski definition) is 2. The number of amides is 1. The highest BCUT2D eigenvalue weighted by molar-refractivity contribution is 5.77. The molecular weight excluding hydrogens is 164 g/mol. The second kappa shape index (κ2) is 4.61. The predicted molar refractivity (Wildman–Crippen MR) is 53.5 cm³/mol. The molecular formula is C10H20N2O. The van der Waals surface area contributed by atoms with E-state index in [1.165, 1.54) is 19.3 Å². The van der Waals surface area contributed by atoms with E-state index in [-0.39, 0.29) is 5.91 Å². The Labute approximate surface area is 80.3 Å². The lowest BCUT2D eigenvalue weighted by molar-refractivity contribution is -0.120. The highest BCUT2D eigenvalue weighted by atomic mass is 16.1. The normalized spacial score (nSPS) is 19.2. The molecule has 0 radical (unpaired) electrons. The van der Waals surface area contributed by atoms with Gasteiger partial charge in [0.25, 0.3) is 0 Å². The van der Waals surface area contributed by atoms with Gasteiger partial charge in [-0.25, -0.2) is 0 Å². The standard InChI is InChI=1S/C10H20N2O/c1-3-12-9(13)7-11-8-10(2)5-4-6-10/h11H,3-8H2,1-2H3,(H,12,13). The van der Waals surface area contributed by atoms with E-state index in [0.717, 1.165) is 13.1 Å². The molecule has 0 heterocycles. The van der Waals surface area contributed by atoms with Crippen LogP contribution in [-0.2, 0) is 4.79 Å². The van der Waals surface area contributed by atoms with E-state index in [9.17, 15) is 4.79 Å². The van der Waals surface area contributed by atoms with Gasteiger partial charge in [0.15, 0.2) is 0 Å². The summed E-state index contributed by atoms with van der Waals surface area (Å²) < 4.78 is 0. The molecule has 1 amide bonds. The lowest BCUT2D eigenvalue weighted by Gasteiger charge is -2.38. The van der Waals surface area contributed by atoms with E-state index in [2.05, 4.69) is 17.6 Å². The lowest BCUT2D eigenvalue weighted by Crippen LogP contribution is -2.41. The third-order valence-electron chi connectivity index (χ3n) is 2.77. The van der Waals surface area contributed by atoms with Crippen LogP contribution < -0.4 is 10.6 Å². The molecule has 1 saturated carbocycles. The van der Waals surface area contributed by atoms with E-state index >= 15 is 0 Å². The van der Waals surface area contributed by atoms with Crippen LogP contribution in [0.25, 0.3) is 0 Å². The summed E-state index contributed by atoms with van der Waals surface area (Å²) in [4.78, 5) is 11.1. The minimum atomic E-state index is 0.102. The van der Waals surface area contributed by atoms with Crippen LogP contribution in [0.2, 0.25) is 0 Å². The zero-order chi connectivity index (χ0) is 9.73. The summed E-state index contributed by atoms with van der Waals surface area (Å²) in [6, 6.07) is 0. The molecule has 1 rings (SSSR count). The summed E-state index contributed by atoms with van der Waals surface area (Å²) in [6.45, 7) is 6.37. The Kier molecular flexibility index (Phi) is 3.72. The zero-order valence-corrected chi connectivity index (χ0v) is 8.65. The summed E-state index contributed by atoms with van der Waals surface area (Å²) in [5.41, 5.74) is 0.465. The molecule has 13 heavy (non-hydrogen) atoms. The highest BCUT2D eigenvalue weighted by Crippen LogP contribution is 2.39. The van der Waals surface area contributed by atoms with Crippen LogP contribution in [0.3, 0.4) is 0 Å². The fourth-order valence-electron chi connectivity index (χ4n) is 1.69. The topological polar surface area (TPSA) is 41.1 Å². The first kappa shape index (κ1) is 10.5. The predicted octanol–water partition coefficient (Wildman–Crippen LogP) is 0.902. The molecule has 0 unspecified atom stereocenters. The molecule has 1 aliphatic rings. The van der Waals surface area contributed by atoms with Crippen molar-refractivity contribution in [3.8, 4) is 0 Å². The van der Waals surface area contributed by atoms with Crippen LogP contribution in [-0.4, -0.2) is 25.5 Å². The first-order chi connectivity index (χ1) is 6.16. The van der Waals surface area contributed by atoms with Crippen molar-refractivity contribution >= 4 is 5.91 Å². The van der Waals surface area contributed by atoms with Crippen LogP contribution in [0.15, 0.2) is 0 Å². The van der Waals surface area contributed by atoms with Gasteiger partial charge in [-0.1, -0.05) is 13.3 Å². The Morgan fingerprint density at radius 1 is 1.46 bits per heavy atom. The maximum Gasteiger partial charge on any atom is 0.233 e. The van der Waals surface area contributed by atoms with Crippen LogP contribution in [0.1, 0.15) is 33.1 Å². The van der Waals surface area contributed by atoms with Crippen LogP contribution in [0, 0.1) is 5.41 Å². The fourth-order valence-corrected chi connectivity index (χ4v) is 1.69. The molecule has 0 spiro atoms. The lowest BCUT2D eigenvalue weighted by atomic mass is 9.70. The van der Waals surface area contributed by atoms with Crippen molar-refractivity contribution in [1.29, 1.82) is 0 Å². The second-order valence-electron chi connectivity index (χ2n) is 4.22. The van der Waals surface area contributed by atoms with Gasteiger partial charge in [0, 0.05) is 13.1 Å². The number of carbonyl (C=O) groups excluding carboxylic acids is 1. The summed E-state index contributed by atoms with van der Waals surface area (Å²) in [7, 11) is 0. The minimum absolute atomic E-state index is 0.102. The Morgan fingerprint density at radius 3 is 2.62 bits per heavy atom. The molecule has 0 aromatic rings. The summed E-state index contributed by atoms with van der Waals surface area (Å²) in [6.07, 6.45) is 3.95. The fraction of sp³-hybridized carbons (Fsp3) is 0.900. The number of rotatable bonds is 5. The van der Waals surface area contributed by atoms with Crippen molar-refractivity contribution in [1.82, 2.24) is 10.6 Å². The highest BCUT2D eigenvalue weighted by Gasteiger charge is 2.30. The van der Waals surface area contributed by atoms with Crippen molar-refractivity contribution in [2.45, 2.75) is 33.1 Å². The van der Waals surface area contributed by atoms with Gasteiger partial charge in [-0.05, 0) is 25.2 Å². The van der Waals surface area contributed by atoms with Gasteiger partial charge in [0.2, 0.25) is 5.91 Å². The second-order valence-corrected chi connectivity index (χ2v) is 4.22. The Bertz CT molecular complexity index is 176. The van der Waals surface area contributed by atoms with Crippen LogP contribution in [0.4, 0.5) is 0 Å².